The molecule has 0 aliphatic carbocycles. The number of hydrogen-bond donors (Lipinski definition) is 0. The summed E-state index contributed by atoms with van der Waals surface area (Å²) >= 11 is 0. The highest BCUT2D eigenvalue weighted by atomic mass is 28.4. The first kappa shape index (κ1) is 28.4. The van der Waals surface area contributed by atoms with Crippen LogP contribution in [0, 0.1) is 11.8 Å². The summed E-state index contributed by atoms with van der Waals surface area (Å²) in [5.74, 6) is 6.46. The van der Waals surface area contributed by atoms with Gasteiger partial charge < -0.3 is 26.6 Å². The van der Waals surface area contributed by atoms with Gasteiger partial charge in [0.25, 0.3) is 0 Å². The van der Waals surface area contributed by atoms with Crippen molar-refractivity contribution in [3.05, 3.63) is 59.7 Å². The van der Waals surface area contributed by atoms with Gasteiger partial charge in [-0.05, 0) is 65.8 Å². The van der Waals surface area contributed by atoms with Gasteiger partial charge in [0, 0.05) is 61.1 Å². The van der Waals surface area contributed by atoms with E-state index >= 15 is 0 Å². The molecule has 0 aliphatic rings. The Morgan fingerprint density at radius 3 is 0.882 bits per heavy atom. The van der Waals surface area contributed by atoms with Crippen LogP contribution >= 0.6 is 0 Å². The van der Waals surface area contributed by atoms with Gasteiger partial charge in [0.2, 0.25) is 0 Å². The van der Waals surface area contributed by atoms with E-state index in [1.54, 1.807) is 0 Å². The molecule has 0 saturated carbocycles. The minimum atomic E-state index is -2.91. The molecule has 0 aliphatic heterocycles. The van der Waals surface area contributed by atoms with Crippen molar-refractivity contribution in [2.45, 2.75) is 41.5 Å². The Bertz CT molecular complexity index is 798. The summed E-state index contributed by atoms with van der Waals surface area (Å²) in [5.41, 5.74) is 1.81. The Hall–Kier alpha value is -1.81. The summed E-state index contributed by atoms with van der Waals surface area (Å²) in [6.07, 6.45) is 0. The van der Waals surface area contributed by atoms with Crippen molar-refractivity contribution in [2.24, 2.45) is 0 Å². The van der Waals surface area contributed by atoms with Gasteiger partial charge in [0.05, 0.1) is 0 Å². The molecule has 2 aromatic rings. The van der Waals surface area contributed by atoms with Crippen LogP contribution in [0.25, 0.3) is 0 Å². The molecule has 0 bridgehead atoms. The average molecular weight is 503 g/mol. The third kappa shape index (κ3) is 7.34. The molecule has 0 fully saturated rings. The van der Waals surface area contributed by atoms with Crippen LogP contribution in [0.4, 0.5) is 0 Å². The first-order chi connectivity index (χ1) is 16.5. The van der Waals surface area contributed by atoms with Crippen LogP contribution in [0.2, 0.25) is 0 Å². The first-order valence-corrected chi connectivity index (χ1v) is 15.5. The second-order valence-corrected chi connectivity index (χ2v) is 12.2. The predicted octanol–water partition coefficient (Wildman–Crippen LogP) is 3.60. The van der Waals surface area contributed by atoms with E-state index in [0.29, 0.717) is 39.6 Å². The van der Waals surface area contributed by atoms with Crippen molar-refractivity contribution in [2.75, 3.05) is 39.6 Å². The minimum Gasteiger partial charge on any atom is -0.370 e. The molecule has 8 heteroatoms. The molecule has 0 aromatic heterocycles. The highest BCUT2D eigenvalue weighted by Crippen LogP contribution is 2.13. The second kappa shape index (κ2) is 14.6. The fourth-order valence-corrected chi connectivity index (χ4v) is 8.48. The largest absolute Gasteiger partial charge is 0.537 e. The lowest BCUT2D eigenvalue weighted by Gasteiger charge is -2.28. The normalized spacial score (nSPS) is 11.8. The lowest BCUT2D eigenvalue weighted by molar-refractivity contribution is 0.0851. The van der Waals surface area contributed by atoms with Crippen LogP contribution in [-0.4, -0.2) is 57.3 Å². The van der Waals surface area contributed by atoms with Gasteiger partial charge in [-0.3, -0.25) is 0 Å². The summed E-state index contributed by atoms with van der Waals surface area (Å²) in [4.78, 5) is 0. The maximum absolute atomic E-state index is 5.99. The molecule has 0 radical (unpaired) electrons. The summed E-state index contributed by atoms with van der Waals surface area (Å²) in [7, 11) is -5.81. The van der Waals surface area contributed by atoms with Crippen molar-refractivity contribution in [1.29, 1.82) is 0 Å². The Morgan fingerprint density at radius 2 is 0.676 bits per heavy atom. The van der Waals surface area contributed by atoms with Gasteiger partial charge >= 0.3 is 17.6 Å². The van der Waals surface area contributed by atoms with Crippen molar-refractivity contribution in [1.82, 2.24) is 0 Å². The molecule has 186 valence electrons. The van der Waals surface area contributed by atoms with Crippen molar-refractivity contribution < 1.29 is 26.6 Å². The van der Waals surface area contributed by atoms with Gasteiger partial charge in [0.1, 0.15) is 0 Å². The maximum atomic E-state index is 5.99. The van der Waals surface area contributed by atoms with Gasteiger partial charge in [-0.2, -0.15) is 0 Å². The van der Waals surface area contributed by atoms with Crippen LogP contribution in [0.5, 0.6) is 0 Å². The summed E-state index contributed by atoms with van der Waals surface area (Å²) in [5, 5.41) is 1.88. The minimum absolute atomic E-state index is 0.532. The third-order valence-corrected chi connectivity index (χ3v) is 10.9. The van der Waals surface area contributed by atoms with Crippen molar-refractivity contribution in [3.63, 3.8) is 0 Å². The van der Waals surface area contributed by atoms with Crippen LogP contribution in [0.3, 0.4) is 0 Å². The van der Waals surface area contributed by atoms with Crippen LogP contribution in [0.15, 0.2) is 48.5 Å². The average Bonchev–Trinajstić information content (AvgIpc) is 2.84. The van der Waals surface area contributed by atoms with E-state index in [2.05, 4.69) is 11.8 Å². The molecule has 0 saturated heterocycles. The fraction of sp³-hybridized carbons (Fsp3) is 0.462. The number of benzene rings is 2. The lowest BCUT2D eigenvalue weighted by Crippen LogP contribution is -2.56. The quantitative estimate of drug-likeness (QED) is 0.291. The zero-order chi connectivity index (χ0) is 24.9. The SMILES string of the molecule is CCO[Si](OCC)(OCC)c1ccc(C#Cc2ccc([Si](OCC)(OCC)OCC)cc2)cc1. The molecule has 0 atom stereocenters. The van der Waals surface area contributed by atoms with E-state index in [1.165, 1.54) is 0 Å². The topological polar surface area (TPSA) is 55.4 Å². The van der Waals surface area contributed by atoms with E-state index in [0.717, 1.165) is 21.5 Å². The van der Waals surface area contributed by atoms with Crippen LogP contribution in [-0.2, 0) is 26.6 Å². The van der Waals surface area contributed by atoms with E-state index in [-0.39, 0.29) is 0 Å². The fourth-order valence-electron chi connectivity index (χ4n) is 3.55. The van der Waals surface area contributed by atoms with E-state index < -0.39 is 17.6 Å². The van der Waals surface area contributed by atoms with Gasteiger partial charge in [0.15, 0.2) is 0 Å². The Kier molecular flexibility index (Phi) is 12.2. The monoisotopic (exact) mass is 502 g/mol. The predicted molar refractivity (Wildman–Crippen MR) is 139 cm³/mol. The number of rotatable bonds is 14. The summed E-state index contributed by atoms with van der Waals surface area (Å²) in [6, 6.07) is 15.9. The lowest BCUT2D eigenvalue weighted by atomic mass is 10.2. The first-order valence-electron chi connectivity index (χ1n) is 12.1. The smallest absolute Gasteiger partial charge is 0.370 e. The maximum Gasteiger partial charge on any atom is 0.537 e. The van der Waals surface area contributed by atoms with Gasteiger partial charge in [-0.25, -0.2) is 0 Å². The summed E-state index contributed by atoms with van der Waals surface area (Å²) < 4.78 is 35.9. The van der Waals surface area contributed by atoms with E-state index in [9.17, 15) is 0 Å². The standard InChI is InChI=1S/C26H38O6Si2/c1-7-27-33(28-8-2,29-9-3)25-19-15-23(16-20-25)13-14-24-17-21-26(22-18-24)34(30-10-4,31-11-5)32-12-6/h15-22H,7-12H2,1-6H3. The van der Waals surface area contributed by atoms with Crippen molar-refractivity contribution in [3.8, 4) is 11.8 Å². The van der Waals surface area contributed by atoms with Gasteiger partial charge in [-0.1, -0.05) is 36.1 Å². The zero-order valence-corrected chi connectivity index (χ0v) is 23.3. The van der Waals surface area contributed by atoms with Gasteiger partial charge in [-0.15, -0.1) is 0 Å². The highest BCUT2D eigenvalue weighted by molar-refractivity contribution is 6.75. The molecular weight excluding hydrogens is 464 g/mol. The van der Waals surface area contributed by atoms with Crippen molar-refractivity contribution >= 4 is 28.0 Å². The Labute approximate surface area is 207 Å². The Morgan fingerprint density at radius 1 is 0.441 bits per heavy atom. The second-order valence-electron chi connectivity index (χ2n) is 7.12. The van der Waals surface area contributed by atoms with Crippen LogP contribution < -0.4 is 10.4 Å². The molecular formula is C26H38O6Si2. The molecule has 0 heterocycles. The molecule has 34 heavy (non-hydrogen) atoms. The molecule has 6 nitrogen and oxygen atoms in total. The van der Waals surface area contributed by atoms with E-state index in [1.807, 2.05) is 90.1 Å². The Balaban J connectivity index is 2.24. The molecule has 0 unspecified atom stereocenters. The molecule has 0 amide bonds. The molecule has 0 spiro atoms. The van der Waals surface area contributed by atoms with Crippen LogP contribution in [0.1, 0.15) is 52.7 Å². The third-order valence-electron chi connectivity index (χ3n) is 4.83. The number of hydrogen-bond acceptors (Lipinski definition) is 6. The molecule has 0 N–H and O–H groups in total. The van der Waals surface area contributed by atoms with E-state index in [4.69, 9.17) is 26.6 Å². The zero-order valence-electron chi connectivity index (χ0n) is 21.3. The molecule has 2 aromatic carbocycles. The highest BCUT2D eigenvalue weighted by Gasteiger charge is 2.44. The summed E-state index contributed by atoms with van der Waals surface area (Å²) in [6.45, 7) is 14.9. The molecule has 2 rings (SSSR count).